The van der Waals surface area contributed by atoms with Crippen molar-refractivity contribution >= 4 is 24.1 Å². The molecule has 4 rings (SSSR count). The van der Waals surface area contributed by atoms with Gasteiger partial charge >= 0.3 is 0 Å². The molecule has 0 aliphatic carbocycles. The molecule has 1 fully saturated rings. The molecule has 0 radical (unpaired) electrons. The summed E-state index contributed by atoms with van der Waals surface area (Å²) in [6, 6.07) is 8.73. The first-order valence-corrected chi connectivity index (χ1v) is 10.3. The third-order valence-corrected chi connectivity index (χ3v) is 5.91. The van der Waals surface area contributed by atoms with Gasteiger partial charge in [0.15, 0.2) is 0 Å². The van der Waals surface area contributed by atoms with Gasteiger partial charge in [-0.25, -0.2) is 9.50 Å². The van der Waals surface area contributed by atoms with Gasteiger partial charge in [-0.1, -0.05) is 31.2 Å². The third kappa shape index (κ3) is 4.32. The van der Waals surface area contributed by atoms with Crippen LogP contribution in [-0.2, 0) is 17.6 Å². The number of aromatic nitrogens is 4. The van der Waals surface area contributed by atoms with Gasteiger partial charge in [-0.2, -0.15) is 10.1 Å². The zero-order valence-electron chi connectivity index (χ0n) is 17.8. The van der Waals surface area contributed by atoms with E-state index < -0.39 is 0 Å². The van der Waals surface area contributed by atoms with Crippen molar-refractivity contribution in [3.63, 3.8) is 0 Å². The first-order valence-electron chi connectivity index (χ1n) is 10.3. The number of hydrogen-bond donors (Lipinski definition) is 1. The number of rotatable bonds is 5. The summed E-state index contributed by atoms with van der Waals surface area (Å²) in [5, 5.41) is 7.68. The van der Waals surface area contributed by atoms with Crippen LogP contribution in [0.5, 0.6) is 0 Å². The molecule has 1 atom stereocenters. The highest BCUT2D eigenvalue weighted by Crippen LogP contribution is 2.24. The van der Waals surface area contributed by atoms with E-state index in [1.807, 2.05) is 18.7 Å². The second-order valence-corrected chi connectivity index (χ2v) is 7.64. The van der Waals surface area contributed by atoms with Crippen LogP contribution in [0.15, 0.2) is 30.6 Å². The topological polar surface area (TPSA) is 75.4 Å². The zero-order valence-corrected chi connectivity index (χ0v) is 18.6. The Hall–Kier alpha value is -2.51. The van der Waals surface area contributed by atoms with E-state index in [0.717, 1.165) is 43.0 Å². The largest absolute Gasteiger partial charge is 0.333 e. The molecule has 1 unspecified atom stereocenters. The summed E-state index contributed by atoms with van der Waals surface area (Å²) in [5.74, 6) is 0.793. The second kappa shape index (κ2) is 9.53. The minimum absolute atomic E-state index is 0. The van der Waals surface area contributed by atoms with Crippen LogP contribution in [0.25, 0.3) is 5.78 Å². The fourth-order valence-electron chi connectivity index (χ4n) is 4.17. The van der Waals surface area contributed by atoms with Gasteiger partial charge in [0.1, 0.15) is 6.33 Å². The van der Waals surface area contributed by atoms with Crippen molar-refractivity contribution in [2.24, 2.45) is 0 Å². The highest BCUT2D eigenvalue weighted by Gasteiger charge is 2.27. The molecule has 1 aliphatic rings. The van der Waals surface area contributed by atoms with Crippen molar-refractivity contribution in [2.75, 3.05) is 19.6 Å². The van der Waals surface area contributed by atoms with Crippen molar-refractivity contribution in [3.05, 3.63) is 58.7 Å². The second-order valence-electron chi connectivity index (χ2n) is 7.64. The quantitative estimate of drug-likeness (QED) is 0.676. The number of amides is 1. The fourth-order valence-corrected chi connectivity index (χ4v) is 4.17. The van der Waals surface area contributed by atoms with E-state index in [1.165, 1.54) is 17.5 Å². The predicted octanol–water partition coefficient (Wildman–Crippen LogP) is 2.83. The summed E-state index contributed by atoms with van der Waals surface area (Å²) < 4.78 is 1.75. The maximum Gasteiger partial charge on any atom is 0.252 e. The Balaban J connectivity index is 0.00000256. The van der Waals surface area contributed by atoms with E-state index >= 15 is 0 Å². The minimum atomic E-state index is 0. The van der Waals surface area contributed by atoms with Gasteiger partial charge in [0.2, 0.25) is 5.91 Å². The lowest BCUT2D eigenvalue weighted by molar-refractivity contribution is -0.134. The zero-order chi connectivity index (χ0) is 20.4. The molecule has 0 spiro atoms. The molecule has 8 heteroatoms. The molecule has 3 aromatic rings. The van der Waals surface area contributed by atoms with Gasteiger partial charge in [0, 0.05) is 37.4 Å². The SMILES string of the molecule is CCc1ccc(C2CNCCN2C(=O)CCc2c(C)nc3ncnn3c2C)cc1.Cl. The number of halogens is 1. The van der Waals surface area contributed by atoms with Crippen LogP contribution in [-0.4, -0.2) is 50.0 Å². The van der Waals surface area contributed by atoms with Crippen LogP contribution in [0.4, 0.5) is 0 Å². The van der Waals surface area contributed by atoms with Crippen LogP contribution in [0, 0.1) is 13.8 Å². The van der Waals surface area contributed by atoms with Crippen molar-refractivity contribution in [1.82, 2.24) is 29.8 Å². The Morgan fingerprint density at radius 2 is 2.00 bits per heavy atom. The van der Waals surface area contributed by atoms with Gasteiger partial charge in [-0.3, -0.25) is 4.79 Å². The molecule has 1 aliphatic heterocycles. The summed E-state index contributed by atoms with van der Waals surface area (Å²) >= 11 is 0. The number of piperazine rings is 1. The molecule has 0 saturated carbocycles. The highest BCUT2D eigenvalue weighted by molar-refractivity contribution is 5.85. The van der Waals surface area contributed by atoms with E-state index in [-0.39, 0.29) is 24.4 Å². The average molecular weight is 429 g/mol. The summed E-state index contributed by atoms with van der Waals surface area (Å²) in [5.41, 5.74) is 5.51. The molecule has 1 aromatic carbocycles. The molecular formula is C22H29ClN6O. The van der Waals surface area contributed by atoms with Crippen molar-refractivity contribution < 1.29 is 4.79 Å². The van der Waals surface area contributed by atoms with E-state index in [2.05, 4.69) is 51.6 Å². The highest BCUT2D eigenvalue weighted by atomic mass is 35.5. The van der Waals surface area contributed by atoms with E-state index in [4.69, 9.17) is 0 Å². The predicted molar refractivity (Wildman–Crippen MR) is 119 cm³/mol. The molecule has 1 N–H and O–H groups in total. The molecule has 7 nitrogen and oxygen atoms in total. The number of fused-ring (bicyclic) bond motifs is 1. The number of carbonyl (C=O) groups excluding carboxylic acids is 1. The lowest BCUT2D eigenvalue weighted by Crippen LogP contribution is -2.48. The maximum atomic E-state index is 13.2. The summed E-state index contributed by atoms with van der Waals surface area (Å²) in [6.45, 7) is 8.50. The summed E-state index contributed by atoms with van der Waals surface area (Å²) in [4.78, 5) is 23.9. The smallest absolute Gasteiger partial charge is 0.252 e. The van der Waals surface area contributed by atoms with Crippen LogP contribution in [0.3, 0.4) is 0 Å². The number of benzene rings is 1. The first kappa shape index (κ1) is 22.2. The number of hydrogen-bond acceptors (Lipinski definition) is 5. The van der Waals surface area contributed by atoms with Crippen molar-refractivity contribution in [3.8, 4) is 0 Å². The maximum absolute atomic E-state index is 13.2. The number of nitrogens with zero attached hydrogens (tertiary/aromatic N) is 5. The minimum Gasteiger partial charge on any atom is -0.333 e. The number of nitrogens with one attached hydrogen (secondary N) is 1. The van der Waals surface area contributed by atoms with E-state index in [9.17, 15) is 4.79 Å². The molecule has 160 valence electrons. The molecule has 1 saturated heterocycles. The first-order chi connectivity index (χ1) is 14.1. The Kier molecular flexibility index (Phi) is 7.05. The molecular weight excluding hydrogens is 400 g/mol. The van der Waals surface area contributed by atoms with Crippen molar-refractivity contribution in [1.29, 1.82) is 0 Å². The molecule has 2 aromatic heterocycles. The Morgan fingerprint density at radius 1 is 1.23 bits per heavy atom. The van der Waals surface area contributed by atoms with Gasteiger partial charge in [0.25, 0.3) is 5.78 Å². The van der Waals surface area contributed by atoms with E-state index in [0.29, 0.717) is 18.6 Å². The van der Waals surface area contributed by atoms with Crippen LogP contribution in [0.1, 0.15) is 47.5 Å². The molecule has 30 heavy (non-hydrogen) atoms. The number of aryl methyl sites for hydroxylation is 3. The van der Waals surface area contributed by atoms with Crippen LogP contribution < -0.4 is 5.32 Å². The van der Waals surface area contributed by atoms with Gasteiger partial charge in [-0.15, -0.1) is 12.4 Å². The Morgan fingerprint density at radius 3 is 2.73 bits per heavy atom. The van der Waals surface area contributed by atoms with Crippen LogP contribution >= 0.6 is 12.4 Å². The van der Waals surface area contributed by atoms with Crippen LogP contribution in [0.2, 0.25) is 0 Å². The number of carbonyl (C=O) groups is 1. The Bertz CT molecular complexity index is 1020. The van der Waals surface area contributed by atoms with Gasteiger partial charge in [0.05, 0.1) is 6.04 Å². The molecule has 0 bridgehead atoms. The lowest BCUT2D eigenvalue weighted by Gasteiger charge is -2.37. The third-order valence-electron chi connectivity index (χ3n) is 5.91. The monoisotopic (exact) mass is 428 g/mol. The fraction of sp³-hybridized carbons (Fsp3) is 0.455. The Labute approximate surface area is 183 Å². The van der Waals surface area contributed by atoms with Gasteiger partial charge in [-0.05, 0) is 43.4 Å². The molecule has 3 heterocycles. The normalized spacial score (nSPS) is 16.5. The van der Waals surface area contributed by atoms with Crippen molar-refractivity contribution in [2.45, 2.75) is 46.1 Å². The molecule has 1 amide bonds. The summed E-state index contributed by atoms with van der Waals surface area (Å²) in [6.07, 6.45) is 3.66. The summed E-state index contributed by atoms with van der Waals surface area (Å²) in [7, 11) is 0. The van der Waals surface area contributed by atoms with E-state index in [1.54, 1.807) is 4.52 Å². The standard InChI is InChI=1S/C22H28N6O.ClH/c1-4-17-5-7-18(8-6-17)20-13-23-11-12-27(20)21(29)10-9-19-15(2)26-22-24-14-25-28(22)16(19)3;/h5-8,14,20,23H,4,9-13H2,1-3H3;1H. The lowest BCUT2D eigenvalue weighted by atomic mass is 9.99. The van der Waals surface area contributed by atoms with Gasteiger partial charge < -0.3 is 10.2 Å². The average Bonchev–Trinajstić information content (AvgIpc) is 3.22.